The molecule has 1 saturated carbocycles. The predicted octanol–water partition coefficient (Wildman–Crippen LogP) is 3.06. The first-order valence-electron chi connectivity index (χ1n) is 7.65. The number of nitrogens with two attached hydrogens (primary N) is 1. The molecular weight excluding hydrogens is 284 g/mol. The molecule has 2 rings (SSSR count). The van der Waals surface area contributed by atoms with E-state index in [9.17, 15) is 4.79 Å². The van der Waals surface area contributed by atoms with E-state index in [4.69, 9.17) is 5.73 Å². The molecule has 0 saturated heterocycles. The van der Waals surface area contributed by atoms with Crippen molar-refractivity contribution in [1.29, 1.82) is 0 Å². The fourth-order valence-corrected chi connectivity index (χ4v) is 2.57. The van der Waals surface area contributed by atoms with Crippen molar-refractivity contribution in [1.82, 2.24) is 5.32 Å². The fraction of sp³-hybridized carbons (Fsp3) is 0.588. The molecule has 0 aliphatic heterocycles. The van der Waals surface area contributed by atoms with Crippen LogP contribution in [0.15, 0.2) is 30.3 Å². The topological polar surface area (TPSA) is 55.1 Å². The van der Waals surface area contributed by atoms with E-state index in [-0.39, 0.29) is 29.3 Å². The standard InChI is InChI=1S/C17H26N2O.ClH/c1-3-17(18,4-2)13-19-15(20)16(10-11-16)12-14-8-6-5-7-9-14;/h5-9H,3-4,10-13,18H2,1-2H3,(H,19,20);1H. The van der Waals surface area contributed by atoms with Crippen LogP contribution in [0.25, 0.3) is 0 Å². The normalized spacial score (nSPS) is 16.0. The van der Waals surface area contributed by atoms with Crippen LogP contribution in [0.4, 0.5) is 0 Å². The molecule has 0 spiro atoms. The Morgan fingerprint density at radius 3 is 2.29 bits per heavy atom. The van der Waals surface area contributed by atoms with Gasteiger partial charge in [-0.05, 0) is 37.7 Å². The van der Waals surface area contributed by atoms with Crippen molar-refractivity contribution in [3.63, 3.8) is 0 Å². The van der Waals surface area contributed by atoms with E-state index in [1.807, 2.05) is 18.2 Å². The van der Waals surface area contributed by atoms with Crippen molar-refractivity contribution in [3.8, 4) is 0 Å². The minimum Gasteiger partial charge on any atom is -0.354 e. The SMILES string of the molecule is CCC(N)(CC)CNC(=O)C1(Cc2ccccc2)CC1.Cl. The van der Waals surface area contributed by atoms with Crippen LogP contribution in [-0.2, 0) is 11.2 Å². The van der Waals surface area contributed by atoms with Gasteiger partial charge in [-0.15, -0.1) is 12.4 Å². The van der Waals surface area contributed by atoms with Crippen LogP contribution in [0.5, 0.6) is 0 Å². The van der Waals surface area contributed by atoms with Crippen molar-refractivity contribution in [2.75, 3.05) is 6.54 Å². The number of carbonyl (C=O) groups is 1. The summed E-state index contributed by atoms with van der Waals surface area (Å²) in [7, 11) is 0. The highest BCUT2D eigenvalue weighted by atomic mass is 35.5. The minimum atomic E-state index is -0.265. The fourth-order valence-electron chi connectivity index (χ4n) is 2.57. The lowest BCUT2D eigenvalue weighted by atomic mass is 9.92. The first kappa shape index (κ1) is 18.0. The lowest BCUT2D eigenvalue weighted by Crippen LogP contribution is -2.50. The number of carbonyl (C=O) groups excluding carboxylic acids is 1. The van der Waals surface area contributed by atoms with Gasteiger partial charge >= 0.3 is 0 Å². The Bertz CT molecular complexity index is 453. The molecule has 0 atom stereocenters. The average molecular weight is 311 g/mol. The van der Waals surface area contributed by atoms with Crippen molar-refractivity contribution in [2.45, 2.75) is 51.5 Å². The molecule has 118 valence electrons. The van der Waals surface area contributed by atoms with Crippen molar-refractivity contribution < 1.29 is 4.79 Å². The molecule has 3 nitrogen and oxygen atoms in total. The van der Waals surface area contributed by atoms with Gasteiger partial charge in [-0.1, -0.05) is 44.2 Å². The van der Waals surface area contributed by atoms with Gasteiger partial charge in [0.25, 0.3) is 0 Å². The van der Waals surface area contributed by atoms with Gasteiger partial charge in [0.2, 0.25) is 5.91 Å². The zero-order valence-electron chi connectivity index (χ0n) is 13.0. The number of rotatable bonds is 7. The van der Waals surface area contributed by atoms with Crippen LogP contribution in [-0.4, -0.2) is 18.0 Å². The maximum absolute atomic E-state index is 12.4. The van der Waals surface area contributed by atoms with Gasteiger partial charge < -0.3 is 11.1 Å². The van der Waals surface area contributed by atoms with Crippen molar-refractivity contribution in [3.05, 3.63) is 35.9 Å². The molecule has 0 radical (unpaired) electrons. The van der Waals surface area contributed by atoms with Gasteiger partial charge in [0.1, 0.15) is 0 Å². The van der Waals surface area contributed by atoms with E-state index in [0.717, 1.165) is 32.1 Å². The van der Waals surface area contributed by atoms with Crippen LogP contribution in [0.1, 0.15) is 45.1 Å². The zero-order chi connectivity index (χ0) is 14.6. The van der Waals surface area contributed by atoms with Crippen molar-refractivity contribution in [2.24, 2.45) is 11.1 Å². The molecule has 4 heteroatoms. The summed E-state index contributed by atoms with van der Waals surface area (Å²) in [5, 5.41) is 3.08. The highest BCUT2D eigenvalue weighted by Crippen LogP contribution is 2.48. The average Bonchev–Trinajstić information content (AvgIpc) is 3.26. The molecule has 21 heavy (non-hydrogen) atoms. The second kappa shape index (κ2) is 7.28. The summed E-state index contributed by atoms with van der Waals surface area (Å²) in [6.45, 7) is 4.73. The van der Waals surface area contributed by atoms with Gasteiger partial charge in [0, 0.05) is 12.1 Å². The number of hydrogen-bond acceptors (Lipinski definition) is 2. The van der Waals surface area contributed by atoms with E-state index in [1.165, 1.54) is 5.56 Å². The predicted molar refractivity (Wildman–Crippen MR) is 89.6 cm³/mol. The summed E-state index contributed by atoms with van der Waals surface area (Å²) in [5.74, 6) is 0.179. The van der Waals surface area contributed by atoms with Crippen LogP contribution in [0, 0.1) is 5.41 Å². The molecule has 1 fully saturated rings. The summed E-state index contributed by atoms with van der Waals surface area (Å²) in [6.07, 6.45) is 4.59. The highest BCUT2D eigenvalue weighted by molar-refractivity contribution is 5.86. The Morgan fingerprint density at radius 1 is 1.24 bits per heavy atom. The number of benzene rings is 1. The molecule has 0 aromatic heterocycles. The molecule has 0 unspecified atom stereocenters. The van der Waals surface area contributed by atoms with Crippen molar-refractivity contribution >= 4 is 18.3 Å². The molecule has 0 heterocycles. The zero-order valence-corrected chi connectivity index (χ0v) is 13.8. The summed E-state index contributed by atoms with van der Waals surface area (Å²) >= 11 is 0. The van der Waals surface area contributed by atoms with Gasteiger partial charge in [-0.2, -0.15) is 0 Å². The second-order valence-corrected chi connectivity index (χ2v) is 6.19. The number of halogens is 1. The number of hydrogen-bond donors (Lipinski definition) is 2. The Kier molecular flexibility index (Phi) is 6.24. The maximum Gasteiger partial charge on any atom is 0.226 e. The summed E-state index contributed by atoms with van der Waals surface area (Å²) in [5.41, 5.74) is 7.05. The Morgan fingerprint density at radius 2 is 1.81 bits per heavy atom. The van der Waals surface area contributed by atoms with E-state index in [0.29, 0.717) is 6.54 Å². The molecule has 3 N–H and O–H groups in total. The van der Waals surface area contributed by atoms with Gasteiger partial charge in [-0.3, -0.25) is 4.79 Å². The highest BCUT2D eigenvalue weighted by Gasteiger charge is 2.49. The van der Waals surface area contributed by atoms with Crippen LogP contribution in [0.2, 0.25) is 0 Å². The Balaban J connectivity index is 0.00000220. The van der Waals surface area contributed by atoms with E-state index in [2.05, 4.69) is 31.3 Å². The maximum atomic E-state index is 12.4. The first-order chi connectivity index (χ1) is 9.53. The number of amides is 1. The molecule has 1 aromatic carbocycles. The molecule has 1 amide bonds. The van der Waals surface area contributed by atoms with E-state index < -0.39 is 0 Å². The number of nitrogens with one attached hydrogen (secondary N) is 1. The largest absolute Gasteiger partial charge is 0.354 e. The lowest BCUT2D eigenvalue weighted by molar-refractivity contribution is -0.126. The molecule has 0 bridgehead atoms. The smallest absolute Gasteiger partial charge is 0.226 e. The van der Waals surface area contributed by atoms with E-state index in [1.54, 1.807) is 0 Å². The minimum absolute atomic E-state index is 0. The van der Waals surface area contributed by atoms with Gasteiger partial charge in [0.05, 0.1) is 5.41 Å². The van der Waals surface area contributed by atoms with Crippen LogP contribution >= 0.6 is 12.4 Å². The monoisotopic (exact) mass is 310 g/mol. The third-order valence-electron chi connectivity index (χ3n) is 4.73. The first-order valence-corrected chi connectivity index (χ1v) is 7.65. The third kappa shape index (κ3) is 4.45. The third-order valence-corrected chi connectivity index (χ3v) is 4.73. The summed E-state index contributed by atoms with van der Waals surface area (Å²) < 4.78 is 0. The lowest BCUT2D eigenvalue weighted by Gasteiger charge is -2.28. The Labute approximate surface area is 134 Å². The molecule has 1 aliphatic rings. The molecule has 1 aliphatic carbocycles. The van der Waals surface area contributed by atoms with Crippen LogP contribution < -0.4 is 11.1 Å². The summed E-state index contributed by atoms with van der Waals surface area (Å²) in [4.78, 5) is 12.4. The van der Waals surface area contributed by atoms with Gasteiger partial charge in [0.15, 0.2) is 0 Å². The Hall–Kier alpha value is -1.06. The van der Waals surface area contributed by atoms with Gasteiger partial charge in [-0.25, -0.2) is 0 Å². The molecular formula is C17H27ClN2O. The second-order valence-electron chi connectivity index (χ2n) is 6.19. The summed E-state index contributed by atoms with van der Waals surface area (Å²) in [6, 6.07) is 10.3. The van der Waals surface area contributed by atoms with Crippen LogP contribution in [0.3, 0.4) is 0 Å². The quantitative estimate of drug-likeness (QED) is 0.813. The van der Waals surface area contributed by atoms with E-state index >= 15 is 0 Å². The molecule has 1 aromatic rings.